The molecule has 1 amide bonds. The fourth-order valence-electron chi connectivity index (χ4n) is 2.46. The normalized spacial score (nSPS) is 17.5. The third-order valence-corrected chi connectivity index (χ3v) is 4.08. The molecule has 7 heteroatoms. The zero-order valence-corrected chi connectivity index (χ0v) is 13.4. The lowest BCUT2D eigenvalue weighted by molar-refractivity contribution is -0.148. The van der Waals surface area contributed by atoms with Gasteiger partial charge in [-0.05, 0) is 37.5 Å². The second kappa shape index (κ2) is 7.70. The van der Waals surface area contributed by atoms with E-state index in [4.69, 9.17) is 33.0 Å². The van der Waals surface area contributed by atoms with E-state index in [1.54, 1.807) is 18.2 Å². The fourth-order valence-corrected chi connectivity index (χ4v) is 2.93. The maximum atomic E-state index is 12.0. The minimum absolute atomic E-state index is 0.143. The number of halogens is 2. The largest absolute Gasteiger partial charge is 0.492 e. The van der Waals surface area contributed by atoms with Crippen LogP contribution < -0.4 is 4.74 Å². The Labute approximate surface area is 138 Å². The van der Waals surface area contributed by atoms with E-state index in [1.165, 1.54) is 4.90 Å². The van der Waals surface area contributed by atoms with Crippen molar-refractivity contribution in [3.63, 3.8) is 0 Å². The molecule has 0 aromatic heterocycles. The summed E-state index contributed by atoms with van der Waals surface area (Å²) in [7, 11) is 0. The molecule has 0 saturated carbocycles. The Hall–Kier alpha value is -1.46. The SMILES string of the molecule is O=C(O)[C@@H]1CCCN1C(=O)CCCOc1ccc(Cl)cc1Cl. The maximum Gasteiger partial charge on any atom is 0.326 e. The summed E-state index contributed by atoms with van der Waals surface area (Å²) in [6, 6.07) is 4.26. The number of carbonyl (C=O) groups excluding carboxylic acids is 1. The molecule has 1 aliphatic rings. The fraction of sp³-hybridized carbons (Fsp3) is 0.467. The molecule has 22 heavy (non-hydrogen) atoms. The Morgan fingerprint density at radius 2 is 2.14 bits per heavy atom. The Bertz CT molecular complexity index is 564. The van der Waals surface area contributed by atoms with Crippen molar-refractivity contribution in [3.8, 4) is 5.75 Å². The molecule has 1 N–H and O–H groups in total. The van der Waals surface area contributed by atoms with Crippen molar-refractivity contribution in [2.45, 2.75) is 31.7 Å². The number of carboxylic acids is 1. The van der Waals surface area contributed by atoms with Crippen molar-refractivity contribution < 1.29 is 19.4 Å². The van der Waals surface area contributed by atoms with Gasteiger partial charge in [0.2, 0.25) is 5.91 Å². The number of hydrogen-bond donors (Lipinski definition) is 1. The number of ether oxygens (including phenoxy) is 1. The molecule has 0 radical (unpaired) electrons. The van der Waals surface area contributed by atoms with Gasteiger partial charge < -0.3 is 14.7 Å². The smallest absolute Gasteiger partial charge is 0.326 e. The molecule has 120 valence electrons. The van der Waals surface area contributed by atoms with Gasteiger partial charge in [-0.1, -0.05) is 23.2 Å². The Morgan fingerprint density at radius 1 is 1.36 bits per heavy atom. The molecule has 0 unspecified atom stereocenters. The molecule has 1 aromatic carbocycles. The van der Waals surface area contributed by atoms with Crippen LogP contribution in [0, 0.1) is 0 Å². The van der Waals surface area contributed by atoms with E-state index < -0.39 is 12.0 Å². The highest BCUT2D eigenvalue weighted by atomic mass is 35.5. The van der Waals surface area contributed by atoms with Gasteiger partial charge in [-0.25, -0.2) is 4.79 Å². The molecule has 0 aliphatic carbocycles. The zero-order valence-electron chi connectivity index (χ0n) is 11.9. The van der Waals surface area contributed by atoms with Gasteiger partial charge in [0.05, 0.1) is 11.6 Å². The van der Waals surface area contributed by atoms with Crippen molar-refractivity contribution in [1.82, 2.24) is 4.90 Å². The van der Waals surface area contributed by atoms with E-state index in [9.17, 15) is 9.59 Å². The van der Waals surface area contributed by atoms with E-state index in [2.05, 4.69) is 0 Å². The van der Waals surface area contributed by atoms with Gasteiger partial charge in [-0.3, -0.25) is 4.79 Å². The second-order valence-electron chi connectivity index (χ2n) is 5.11. The zero-order chi connectivity index (χ0) is 16.1. The molecule has 0 bridgehead atoms. The highest BCUT2D eigenvalue weighted by Gasteiger charge is 2.33. The Kier molecular flexibility index (Phi) is 5.91. The van der Waals surface area contributed by atoms with E-state index >= 15 is 0 Å². The molecule has 0 spiro atoms. The standard InChI is InChI=1S/C15H17Cl2NO4/c16-10-5-6-13(11(17)9-10)22-8-2-4-14(19)18-7-1-3-12(18)15(20)21/h5-6,9,12H,1-4,7-8H2,(H,20,21)/t12-/m0/s1. The number of nitrogens with zero attached hydrogens (tertiary/aromatic N) is 1. The average Bonchev–Trinajstić information content (AvgIpc) is 2.95. The number of carbonyl (C=O) groups is 2. The summed E-state index contributed by atoms with van der Waals surface area (Å²) in [6.07, 6.45) is 2.02. The first-order valence-electron chi connectivity index (χ1n) is 7.09. The molecule has 5 nitrogen and oxygen atoms in total. The molecule has 1 fully saturated rings. The van der Waals surface area contributed by atoms with E-state index in [1.807, 2.05) is 0 Å². The van der Waals surface area contributed by atoms with Crippen LogP contribution in [0.2, 0.25) is 10.0 Å². The minimum Gasteiger partial charge on any atom is -0.492 e. The van der Waals surface area contributed by atoms with Crippen LogP contribution in [0.3, 0.4) is 0 Å². The first kappa shape index (κ1) is 16.9. The number of likely N-dealkylation sites (tertiary alicyclic amines) is 1. The summed E-state index contributed by atoms with van der Waals surface area (Å²) >= 11 is 11.8. The van der Waals surface area contributed by atoms with Gasteiger partial charge in [0.15, 0.2) is 0 Å². The lowest BCUT2D eigenvalue weighted by atomic mass is 10.2. The molecular formula is C15H17Cl2NO4. The van der Waals surface area contributed by atoms with Gasteiger partial charge >= 0.3 is 5.97 Å². The summed E-state index contributed by atoms with van der Waals surface area (Å²) < 4.78 is 5.50. The van der Waals surface area contributed by atoms with Crippen molar-refractivity contribution in [3.05, 3.63) is 28.2 Å². The first-order valence-corrected chi connectivity index (χ1v) is 7.85. The second-order valence-corrected chi connectivity index (χ2v) is 5.95. The number of amides is 1. The van der Waals surface area contributed by atoms with Crippen molar-refractivity contribution in [2.75, 3.05) is 13.2 Å². The van der Waals surface area contributed by atoms with Crippen molar-refractivity contribution >= 4 is 35.1 Å². The van der Waals surface area contributed by atoms with E-state index in [0.717, 1.165) is 6.42 Å². The third-order valence-electron chi connectivity index (χ3n) is 3.54. The number of hydrogen-bond acceptors (Lipinski definition) is 3. The predicted molar refractivity (Wildman–Crippen MR) is 83.6 cm³/mol. The predicted octanol–water partition coefficient (Wildman–Crippen LogP) is 3.23. The van der Waals surface area contributed by atoms with Crippen LogP contribution in [-0.4, -0.2) is 41.1 Å². The summed E-state index contributed by atoms with van der Waals surface area (Å²) in [6.45, 7) is 0.846. The molecule has 1 heterocycles. The molecule has 1 saturated heterocycles. The van der Waals surface area contributed by atoms with Gasteiger partial charge in [0.1, 0.15) is 11.8 Å². The van der Waals surface area contributed by atoms with Crippen LogP contribution >= 0.6 is 23.2 Å². The minimum atomic E-state index is -0.935. The Balaban J connectivity index is 1.76. The van der Waals surface area contributed by atoms with E-state index in [-0.39, 0.29) is 12.3 Å². The van der Waals surface area contributed by atoms with Gasteiger partial charge in [-0.2, -0.15) is 0 Å². The highest BCUT2D eigenvalue weighted by molar-refractivity contribution is 6.35. The van der Waals surface area contributed by atoms with Crippen LogP contribution in [0.15, 0.2) is 18.2 Å². The van der Waals surface area contributed by atoms with Gasteiger partial charge in [0, 0.05) is 18.0 Å². The van der Waals surface area contributed by atoms with Crippen LogP contribution in [-0.2, 0) is 9.59 Å². The highest BCUT2D eigenvalue weighted by Crippen LogP contribution is 2.27. The quantitative estimate of drug-likeness (QED) is 0.803. The summed E-state index contributed by atoms with van der Waals surface area (Å²) in [5, 5.41) is 10.0. The Morgan fingerprint density at radius 3 is 2.82 bits per heavy atom. The molecular weight excluding hydrogens is 329 g/mol. The molecule has 1 atom stereocenters. The summed E-state index contributed by atoms with van der Waals surface area (Å²) in [5.41, 5.74) is 0. The van der Waals surface area contributed by atoms with Crippen molar-refractivity contribution in [2.24, 2.45) is 0 Å². The molecule has 1 aliphatic heterocycles. The van der Waals surface area contributed by atoms with Crippen LogP contribution in [0.25, 0.3) is 0 Å². The van der Waals surface area contributed by atoms with E-state index in [0.29, 0.717) is 41.8 Å². The number of aliphatic carboxylic acids is 1. The topological polar surface area (TPSA) is 66.8 Å². The van der Waals surface area contributed by atoms with Crippen molar-refractivity contribution in [1.29, 1.82) is 0 Å². The summed E-state index contributed by atoms with van der Waals surface area (Å²) in [4.78, 5) is 24.5. The molecule has 2 rings (SSSR count). The summed E-state index contributed by atoms with van der Waals surface area (Å²) in [5.74, 6) is -0.561. The van der Waals surface area contributed by atoms with Gasteiger partial charge in [-0.15, -0.1) is 0 Å². The van der Waals surface area contributed by atoms with Crippen LogP contribution in [0.5, 0.6) is 5.75 Å². The lowest BCUT2D eigenvalue weighted by Gasteiger charge is -2.21. The average molecular weight is 346 g/mol. The van der Waals surface area contributed by atoms with Crippen LogP contribution in [0.4, 0.5) is 0 Å². The van der Waals surface area contributed by atoms with Crippen LogP contribution in [0.1, 0.15) is 25.7 Å². The van der Waals surface area contributed by atoms with Gasteiger partial charge in [0.25, 0.3) is 0 Å². The number of carboxylic acid groups (broad SMARTS) is 1. The number of rotatable bonds is 6. The monoisotopic (exact) mass is 345 g/mol. The first-order chi connectivity index (χ1) is 10.5. The number of benzene rings is 1. The molecule has 1 aromatic rings. The third kappa shape index (κ3) is 4.27. The lowest BCUT2D eigenvalue weighted by Crippen LogP contribution is -2.40. The maximum absolute atomic E-state index is 12.0.